The topological polar surface area (TPSA) is 26.0 Å². The second-order valence-corrected chi connectivity index (χ2v) is 2.06. The lowest BCUT2D eigenvalue weighted by atomic mass is 10.1. The minimum atomic E-state index is -6.03. The van der Waals surface area contributed by atoms with Crippen LogP contribution in [0, 0.1) is 0 Å². The number of hydrogen-bond acceptors (Lipinski definition) is 1. The molecule has 0 saturated heterocycles. The van der Waals surface area contributed by atoms with Crippen molar-refractivity contribution in [2.45, 2.75) is 17.9 Å². The predicted molar refractivity (Wildman–Crippen MR) is 25.0 cm³/mol. The Balaban J connectivity index is 4.95. The lowest BCUT2D eigenvalue weighted by Gasteiger charge is -2.29. The third-order valence-electron chi connectivity index (χ3n) is 1.16. The maximum absolute atomic E-state index is 12.2. The zero-order chi connectivity index (χ0) is 10.2. The summed E-state index contributed by atoms with van der Waals surface area (Å²) >= 11 is 0. The molecule has 12 heavy (non-hydrogen) atoms. The Bertz CT molecular complexity index is 142. The Morgan fingerprint density at radius 3 is 1.25 bits per heavy atom. The van der Waals surface area contributed by atoms with E-state index in [0.29, 0.717) is 0 Å². The van der Waals surface area contributed by atoms with E-state index < -0.39 is 24.6 Å². The second kappa shape index (κ2) is 2.75. The molecule has 2 N–H and O–H groups in total. The average Bonchev–Trinajstić information content (AvgIpc) is 1.81. The van der Waals surface area contributed by atoms with Gasteiger partial charge in [0.15, 0.2) is 0 Å². The van der Waals surface area contributed by atoms with E-state index in [4.69, 9.17) is 0 Å². The molecule has 0 aromatic rings. The van der Waals surface area contributed by atoms with Crippen molar-refractivity contribution in [1.82, 2.24) is 0 Å². The third kappa shape index (κ3) is 1.62. The van der Waals surface area contributed by atoms with Crippen molar-refractivity contribution in [3.63, 3.8) is 0 Å². The van der Waals surface area contributed by atoms with Gasteiger partial charge in [-0.15, -0.1) is 0 Å². The fourth-order valence-corrected chi connectivity index (χ4v) is 0.354. The van der Waals surface area contributed by atoms with Gasteiger partial charge in [0.2, 0.25) is 0 Å². The maximum Gasteiger partial charge on any atom is 0.432 e. The van der Waals surface area contributed by atoms with Gasteiger partial charge in [-0.05, 0) is 0 Å². The summed E-state index contributed by atoms with van der Waals surface area (Å²) in [6.07, 6.45) is -6.03. The summed E-state index contributed by atoms with van der Waals surface area (Å²) in [6, 6.07) is -5.28. The van der Waals surface area contributed by atoms with Crippen LogP contribution in [0.4, 0.5) is 30.7 Å². The van der Waals surface area contributed by atoms with Crippen LogP contribution < -0.4 is 5.73 Å². The first kappa shape index (κ1) is 11.5. The van der Waals surface area contributed by atoms with Crippen molar-refractivity contribution >= 4 is 0 Å². The highest BCUT2D eigenvalue weighted by Gasteiger charge is 2.70. The van der Waals surface area contributed by atoms with Gasteiger partial charge < -0.3 is 0 Å². The van der Waals surface area contributed by atoms with Crippen LogP contribution in [0.25, 0.3) is 0 Å². The van der Waals surface area contributed by atoms with Crippen molar-refractivity contribution in [3.8, 4) is 0 Å². The molecule has 0 spiro atoms. The van der Waals surface area contributed by atoms with Crippen molar-refractivity contribution in [2.24, 2.45) is 5.73 Å². The van der Waals surface area contributed by atoms with Crippen molar-refractivity contribution < 1.29 is 30.7 Å². The number of halogens is 7. The quantitative estimate of drug-likeness (QED) is 0.532. The Labute approximate surface area is 62.3 Å². The van der Waals surface area contributed by atoms with Gasteiger partial charge in [-0.25, -0.2) is 8.78 Å². The van der Waals surface area contributed by atoms with E-state index in [2.05, 4.69) is 5.73 Å². The number of alkyl halides is 7. The zero-order valence-electron chi connectivity index (χ0n) is 5.43. The fourth-order valence-electron chi connectivity index (χ4n) is 0.354. The van der Waals surface area contributed by atoms with Crippen LogP contribution in [0.5, 0.6) is 0 Å². The molecule has 0 heterocycles. The highest BCUT2D eigenvalue weighted by molar-refractivity contribution is 4.96. The molecule has 0 aliphatic heterocycles. The molecule has 0 aliphatic carbocycles. The van der Waals surface area contributed by atoms with Crippen LogP contribution in [-0.4, -0.2) is 24.6 Å². The largest absolute Gasteiger partial charge is 0.432 e. The molecule has 0 rings (SSSR count). The Hall–Kier alpha value is -0.530. The molecule has 1 nitrogen and oxygen atoms in total. The molecular weight excluding hydrogens is 195 g/mol. The fraction of sp³-hybridized carbons (Fsp3) is 1.00. The standard InChI is InChI=1S/C4H4F7N/c5-1-2(6,3(7,8)9)4(10,11)12/h1,12H2. The second-order valence-electron chi connectivity index (χ2n) is 2.06. The molecule has 1 unspecified atom stereocenters. The van der Waals surface area contributed by atoms with Gasteiger partial charge in [0.25, 0.3) is 0 Å². The smallest absolute Gasteiger partial charge is 0.269 e. The van der Waals surface area contributed by atoms with Crippen LogP contribution in [-0.2, 0) is 0 Å². The summed E-state index contributed by atoms with van der Waals surface area (Å²) in [7, 11) is 0. The number of rotatable bonds is 2. The molecule has 0 aliphatic rings. The number of hydrogen-bond donors (Lipinski definition) is 1. The lowest BCUT2D eigenvalue weighted by Crippen LogP contribution is -2.61. The molecule has 0 saturated carbocycles. The summed E-state index contributed by atoms with van der Waals surface area (Å²) in [5, 5.41) is 0. The minimum Gasteiger partial charge on any atom is -0.269 e. The lowest BCUT2D eigenvalue weighted by molar-refractivity contribution is -0.304. The van der Waals surface area contributed by atoms with Gasteiger partial charge in [0.05, 0.1) is 0 Å². The molecule has 0 bridgehead atoms. The van der Waals surface area contributed by atoms with Gasteiger partial charge in [0, 0.05) is 0 Å². The average molecular weight is 199 g/mol. The molecule has 0 aromatic carbocycles. The monoisotopic (exact) mass is 199 g/mol. The molecule has 0 fully saturated rings. The molecule has 0 radical (unpaired) electrons. The van der Waals surface area contributed by atoms with E-state index in [0.717, 1.165) is 0 Å². The van der Waals surface area contributed by atoms with Crippen molar-refractivity contribution in [1.29, 1.82) is 0 Å². The highest BCUT2D eigenvalue weighted by Crippen LogP contribution is 2.42. The van der Waals surface area contributed by atoms with E-state index >= 15 is 0 Å². The maximum atomic E-state index is 12.2. The van der Waals surface area contributed by atoms with Crippen LogP contribution >= 0.6 is 0 Å². The van der Waals surface area contributed by atoms with Crippen molar-refractivity contribution in [2.75, 3.05) is 6.67 Å². The highest BCUT2D eigenvalue weighted by atomic mass is 19.4. The van der Waals surface area contributed by atoms with Crippen LogP contribution in [0.15, 0.2) is 0 Å². The van der Waals surface area contributed by atoms with Gasteiger partial charge >= 0.3 is 17.9 Å². The molecular formula is C4H4F7N. The molecule has 1 atom stereocenters. The number of nitrogens with two attached hydrogens (primary N) is 1. The summed E-state index contributed by atoms with van der Waals surface area (Å²) in [5.41, 5.74) is -1.76. The summed E-state index contributed by atoms with van der Waals surface area (Å²) in [6.45, 7) is -2.92. The van der Waals surface area contributed by atoms with E-state index in [1.54, 1.807) is 0 Å². The summed E-state index contributed by atoms with van der Waals surface area (Å²) in [5.74, 6) is 0. The van der Waals surface area contributed by atoms with Gasteiger partial charge in [-0.2, -0.15) is 22.0 Å². The third-order valence-corrected chi connectivity index (χ3v) is 1.16. The van der Waals surface area contributed by atoms with Crippen LogP contribution in [0.2, 0.25) is 0 Å². The van der Waals surface area contributed by atoms with E-state index in [1.165, 1.54) is 0 Å². The Kier molecular flexibility index (Phi) is 2.63. The Morgan fingerprint density at radius 2 is 1.25 bits per heavy atom. The molecule has 0 aromatic heterocycles. The van der Waals surface area contributed by atoms with Gasteiger partial charge in [-0.1, -0.05) is 0 Å². The summed E-state index contributed by atoms with van der Waals surface area (Å²) in [4.78, 5) is 0. The first-order valence-corrected chi connectivity index (χ1v) is 2.54. The first-order valence-electron chi connectivity index (χ1n) is 2.54. The van der Waals surface area contributed by atoms with Gasteiger partial charge in [0.1, 0.15) is 6.67 Å². The Morgan fingerprint density at radius 1 is 0.917 bits per heavy atom. The SMILES string of the molecule is NC(F)(F)C(F)(CF)C(F)(F)F. The zero-order valence-corrected chi connectivity index (χ0v) is 5.43. The molecule has 0 amide bonds. The van der Waals surface area contributed by atoms with E-state index in [9.17, 15) is 30.7 Å². The van der Waals surface area contributed by atoms with E-state index in [1.807, 2.05) is 0 Å². The molecule has 8 heteroatoms. The van der Waals surface area contributed by atoms with E-state index in [-0.39, 0.29) is 0 Å². The normalized spacial score (nSPS) is 19.0. The first-order chi connectivity index (χ1) is 5.06. The van der Waals surface area contributed by atoms with Crippen LogP contribution in [0.3, 0.4) is 0 Å². The molecule has 74 valence electrons. The summed E-state index contributed by atoms with van der Waals surface area (Å²) < 4.78 is 81.2. The minimum absolute atomic E-state index is 2.92. The van der Waals surface area contributed by atoms with Gasteiger partial charge in [-0.3, -0.25) is 5.73 Å². The van der Waals surface area contributed by atoms with Crippen LogP contribution in [0.1, 0.15) is 0 Å². The van der Waals surface area contributed by atoms with Crippen molar-refractivity contribution in [3.05, 3.63) is 0 Å². The predicted octanol–water partition coefficient (Wildman–Crippen LogP) is 1.78.